The van der Waals surface area contributed by atoms with Crippen molar-refractivity contribution in [1.29, 1.82) is 0 Å². The van der Waals surface area contributed by atoms with E-state index in [0.29, 0.717) is 24.2 Å². The van der Waals surface area contributed by atoms with Gasteiger partial charge in [-0.2, -0.15) is 0 Å². The number of hydrogen-bond donors (Lipinski definition) is 3. The molecule has 13 heteroatoms. The minimum Gasteiger partial charge on any atom is -0.479 e. The van der Waals surface area contributed by atoms with E-state index in [1.54, 1.807) is 41.5 Å². The highest BCUT2D eigenvalue weighted by Gasteiger charge is 2.56. The smallest absolute Gasteiger partial charge is 0.311 e. The van der Waals surface area contributed by atoms with Gasteiger partial charge in [0.1, 0.15) is 24.1 Å². The number of allylic oxidation sites excluding steroid dienone is 1. The average Bonchev–Trinajstić information content (AvgIpc) is 3.28. The van der Waals surface area contributed by atoms with Crippen molar-refractivity contribution in [3.8, 4) is 0 Å². The number of aliphatic hydroxyl groups is 3. The summed E-state index contributed by atoms with van der Waals surface area (Å²) in [7, 11) is 5.27. The van der Waals surface area contributed by atoms with Crippen LogP contribution < -0.4 is 0 Å². The molecule has 0 spiro atoms. The number of likely N-dealkylation sites (N-methyl/N-ethyl adjacent to an activating group) is 1. The number of fused-ring (bicyclic) bond motifs is 2. The first-order valence-corrected chi connectivity index (χ1v) is 18.2. The van der Waals surface area contributed by atoms with Crippen LogP contribution in [0.4, 0.5) is 0 Å². The monoisotopic (exact) mass is 713 g/mol. The Kier molecular flexibility index (Phi) is 12.6. The number of rotatable bonds is 7. The molecule has 0 aromatic carbocycles. The molecule has 4 rings (SSSR count). The van der Waals surface area contributed by atoms with Crippen molar-refractivity contribution in [3.05, 3.63) is 11.3 Å². The minimum atomic E-state index is -1.63. The van der Waals surface area contributed by atoms with Crippen molar-refractivity contribution in [2.45, 2.75) is 173 Å². The van der Waals surface area contributed by atoms with Crippen LogP contribution in [0.1, 0.15) is 94.9 Å². The summed E-state index contributed by atoms with van der Waals surface area (Å²) < 4.78 is 43.9. The van der Waals surface area contributed by atoms with Gasteiger partial charge in [0, 0.05) is 37.0 Å². The largest absolute Gasteiger partial charge is 0.479 e. The Morgan fingerprint density at radius 1 is 0.980 bits per heavy atom. The fourth-order valence-corrected chi connectivity index (χ4v) is 8.59. The summed E-state index contributed by atoms with van der Waals surface area (Å²) in [6, 6.07) is -0.275. The van der Waals surface area contributed by atoms with Gasteiger partial charge in [-0.15, -0.1) is 0 Å². The van der Waals surface area contributed by atoms with Gasteiger partial charge < -0.3 is 53.4 Å². The quantitative estimate of drug-likeness (QED) is 0.331. The summed E-state index contributed by atoms with van der Waals surface area (Å²) in [5, 5.41) is 34.9. The number of nitrogens with zero attached hydrogens (tertiary/aromatic N) is 1. The van der Waals surface area contributed by atoms with Crippen LogP contribution in [0.3, 0.4) is 0 Å². The van der Waals surface area contributed by atoms with Crippen molar-refractivity contribution in [2.75, 3.05) is 21.2 Å². The van der Waals surface area contributed by atoms with Crippen molar-refractivity contribution < 1.29 is 58.1 Å². The Balaban J connectivity index is 1.83. The Morgan fingerprint density at radius 3 is 2.20 bits per heavy atom. The van der Waals surface area contributed by atoms with Gasteiger partial charge in [-0.1, -0.05) is 20.8 Å². The minimum absolute atomic E-state index is 0.102. The Hall–Kier alpha value is -1.68. The second-order valence-electron chi connectivity index (χ2n) is 16.1. The van der Waals surface area contributed by atoms with Gasteiger partial charge in [-0.05, 0) is 81.8 Å². The Bertz CT molecular complexity index is 1260. The average molecular weight is 714 g/mol. The topological polar surface area (TPSA) is 163 Å². The van der Waals surface area contributed by atoms with E-state index in [4.69, 9.17) is 33.2 Å². The van der Waals surface area contributed by atoms with Crippen LogP contribution in [0.15, 0.2) is 11.3 Å². The zero-order valence-corrected chi connectivity index (χ0v) is 32.3. The van der Waals surface area contributed by atoms with E-state index in [0.717, 1.165) is 0 Å². The van der Waals surface area contributed by atoms with E-state index < -0.39 is 89.7 Å². The molecule has 3 saturated heterocycles. The molecule has 16 atom stereocenters. The van der Waals surface area contributed by atoms with E-state index in [-0.39, 0.29) is 30.8 Å². The normalized spacial score (nSPS) is 48.1. The molecule has 0 saturated carbocycles. The Labute approximate surface area is 297 Å². The first-order chi connectivity index (χ1) is 23.1. The third-order valence-electron chi connectivity index (χ3n) is 11.7. The molecule has 3 N–H and O–H groups in total. The van der Waals surface area contributed by atoms with E-state index in [2.05, 4.69) is 0 Å². The van der Waals surface area contributed by atoms with Crippen molar-refractivity contribution in [2.24, 2.45) is 17.8 Å². The number of carbonyl (C=O) groups excluding carboxylic acids is 2. The standard InChI is InChI=1S/C37H63NO12/c1-14-25-37(10)30(40)20(4)28(50-37)18(2)16-35(8,43)32(49-34-27(39)24(38(11)12)15-19(3)45-34)21(5)29(22(6)33(42)47-25)48-26-17-36(9,44-13)31(41)23(7)46-26/h18-19,21-27,29,31-32,34,39,41,43H,14-17H2,1-13H3/t18-,19?,21-,22+,23-,24-,25-,26-,27+,29-,31-,32?,34-,35?,36+,37+/m0/s1. The zero-order valence-electron chi connectivity index (χ0n) is 32.3. The van der Waals surface area contributed by atoms with E-state index in [1.807, 2.05) is 46.7 Å². The predicted octanol–water partition coefficient (Wildman–Crippen LogP) is 3.10. The van der Waals surface area contributed by atoms with Crippen LogP contribution >= 0.6 is 0 Å². The number of carbonyl (C=O) groups is 2. The summed E-state index contributed by atoms with van der Waals surface area (Å²) in [5.74, 6) is -2.61. The van der Waals surface area contributed by atoms with Crippen molar-refractivity contribution in [3.63, 3.8) is 0 Å². The number of Topliss-reactive ketones (excluding diaryl/α,β-unsaturated/α-hetero) is 1. The summed E-state index contributed by atoms with van der Waals surface area (Å²) >= 11 is 0. The van der Waals surface area contributed by atoms with Crippen LogP contribution in [0.25, 0.3) is 0 Å². The lowest BCUT2D eigenvalue weighted by Crippen LogP contribution is -2.60. The summed E-state index contributed by atoms with van der Waals surface area (Å²) in [5.41, 5.74) is -3.67. The second kappa shape index (κ2) is 15.4. The van der Waals surface area contributed by atoms with Gasteiger partial charge in [0.05, 0.1) is 41.5 Å². The fraction of sp³-hybridized carbons (Fsp3) is 0.892. The number of ether oxygens (including phenoxy) is 7. The van der Waals surface area contributed by atoms with Gasteiger partial charge in [0.15, 0.2) is 12.6 Å². The van der Waals surface area contributed by atoms with Gasteiger partial charge >= 0.3 is 5.97 Å². The molecule has 3 fully saturated rings. The van der Waals surface area contributed by atoms with Crippen LogP contribution in [0.2, 0.25) is 0 Å². The lowest BCUT2D eigenvalue weighted by molar-refractivity contribution is -0.317. The van der Waals surface area contributed by atoms with Crippen LogP contribution in [0, 0.1) is 17.8 Å². The summed E-state index contributed by atoms with van der Waals surface area (Å²) in [6.45, 7) is 17.6. The first-order valence-electron chi connectivity index (χ1n) is 18.2. The van der Waals surface area contributed by atoms with Crippen molar-refractivity contribution >= 4 is 11.8 Å². The molecule has 0 amide bonds. The number of aliphatic hydroxyl groups excluding tert-OH is 2. The highest BCUT2D eigenvalue weighted by molar-refractivity contribution is 6.04. The van der Waals surface area contributed by atoms with Crippen LogP contribution in [0.5, 0.6) is 0 Å². The molecule has 4 aliphatic rings. The third kappa shape index (κ3) is 7.82. The molecule has 4 aliphatic heterocycles. The van der Waals surface area contributed by atoms with Crippen molar-refractivity contribution in [1.82, 2.24) is 4.90 Å². The van der Waals surface area contributed by atoms with Gasteiger partial charge in [-0.3, -0.25) is 9.59 Å². The van der Waals surface area contributed by atoms with E-state index in [9.17, 15) is 24.9 Å². The van der Waals surface area contributed by atoms with Gasteiger partial charge in [-0.25, -0.2) is 0 Å². The highest BCUT2D eigenvalue weighted by Crippen LogP contribution is 2.44. The molecule has 288 valence electrons. The molecular formula is C37H63NO12. The molecule has 0 aliphatic carbocycles. The van der Waals surface area contributed by atoms with Crippen LogP contribution in [-0.4, -0.2) is 131 Å². The fourth-order valence-electron chi connectivity index (χ4n) is 8.59. The highest BCUT2D eigenvalue weighted by atomic mass is 16.7. The second-order valence-corrected chi connectivity index (χ2v) is 16.1. The molecule has 13 nitrogen and oxygen atoms in total. The van der Waals surface area contributed by atoms with E-state index >= 15 is 0 Å². The number of ketones is 1. The molecule has 0 aromatic heterocycles. The molecule has 3 unspecified atom stereocenters. The number of cyclic esters (lactones) is 1. The molecule has 4 heterocycles. The third-order valence-corrected chi connectivity index (χ3v) is 11.7. The molecule has 50 heavy (non-hydrogen) atoms. The molecule has 0 radical (unpaired) electrons. The maximum absolute atomic E-state index is 14.2. The number of hydrogen-bond acceptors (Lipinski definition) is 13. The number of methoxy groups -OCH3 is 1. The maximum Gasteiger partial charge on any atom is 0.311 e. The van der Waals surface area contributed by atoms with Crippen LogP contribution in [-0.2, 0) is 42.7 Å². The molecule has 0 aromatic rings. The van der Waals surface area contributed by atoms with Gasteiger partial charge in [0.2, 0.25) is 11.4 Å². The molecular weight excluding hydrogens is 650 g/mol. The Morgan fingerprint density at radius 2 is 1.62 bits per heavy atom. The molecule has 2 bridgehead atoms. The first kappa shape index (κ1) is 41.1. The lowest BCUT2D eigenvalue weighted by atomic mass is 9.77. The predicted molar refractivity (Wildman–Crippen MR) is 183 cm³/mol. The van der Waals surface area contributed by atoms with E-state index in [1.165, 1.54) is 7.11 Å². The summed E-state index contributed by atoms with van der Waals surface area (Å²) in [6.07, 6.45) is -6.74. The number of esters is 1. The summed E-state index contributed by atoms with van der Waals surface area (Å²) in [4.78, 5) is 29.8. The lowest BCUT2D eigenvalue weighted by Gasteiger charge is -2.48. The maximum atomic E-state index is 14.2. The SMILES string of the molecule is CC[C@@H]1OC(=O)[C@H](C)[C@@H](O[C@H]2C[C@@](C)(OC)[C@@H](O)[C@H](C)O2)[C@H](C)C(O[C@@H]2OC(C)C[C@H](N(C)C)[C@H]2O)C(C)(O)C[C@H](C)C2=C(C)C(=O)[C@]1(C)O2. The van der Waals surface area contributed by atoms with Gasteiger partial charge in [0.25, 0.3) is 0 Å². The zero-order chi connectivity index (χ0) is 37.7.